The summed E-state index contributed by atoms with van der Waals surface area (Å²) in [5.74, 6) is 0.250. The number of hydrogen-bond acceptors (Lipinski definition) is 2. The molecule has 0 unspecified atom stereocenters. The molecule has 0 heterocycles. The van der Waals surface area contributed by atoms with Crippen LogP contribution in [0.15, 0.2) is 48.5 Å². The summed E-state index contributed by atoms with van der Waals surface area (Å²) < 4.78 is 18.2. The lowest BCUT2D eigenvalue weighted by Crippen LogP contribution is -2.12. The fourth-order valence-electron chi connectivity index (χ4n) is 1.95. The molecule has 4 heteroatoms. The van der Waals surface area contributed by atoms with Crippen LogP contribution in [0.5, 0.6) is 5.75 Å². The SMILES string of the molecule is COc1ccccc1CCC(=O)Nc1cccc(F)c1. The minimum atomic E-state index is -0.368. The molecule has 0 aliphatic rings. The van der Waals surface area contributed by atoms with Crippen molar-refractivity contribution < 1.29 is 13.9 Å². The molecule has 2 aromatic carbocycles. The third-order valence-corrected chi connectivity index (χ3v) is 2.92. The van der Waals surface area contributed by atoms with E-state index >= 15 is 0 Å². The summed E-state index contributed by atoms with van der Waals surface area (Å²) in [7, 11) is 1.60. The van der Waals surface area contributed by atoms with E-state index in [-0.39, 0.29) is 11.7 Å². The Bertz CT molecular complexity index is 599. The van der Waals surface area contributed by atoms with Crippen LogP contribution in [0.3, 0.4) is 0 Å². The number of amides is 1. The molecule has 0 saturated heterocycles. The van der Waals surface area contributed by atoms with E-state index in [1.807, 2.05) is 24.3 Å². The minimum absolute atomic E-state index is 0.151. The van der Waals surface area contributed by atoms with E-state index in [0.29, 0.717) is 18.5 Å². The van der Waals surface area contributed by atoms with Crippen LogP contribution in [0.1, 0.15) is 12.0 Å². The molecule has 1 N–H and O–H groups in total. The summed E-state index contributed by atoms with van der Waals surface area (Å²) >= 11 is 0. The Morgan fingerprint density at radius 1 is 1.20 bits per heavy atom. The van der Waals surface area contributed by atoms with Crippen molar-refractivity contribution in [3.05, 3.63) is 59.9 Å². The second-order valence-electron chi connectivity index (χ2n) is 4.37. The first-order valence-electron chi connectivity index (χ1n) is 6.36. The van der Waals surface area contributed by atoms with Gasteiger partial charge in [0.1, 0.15) is 11.6 Å². The lowest BCUT2D eigenvalue weighted by Gasteiger charge is -2.08. The molecule has 2 rings (SSSR count). The van der Waals surface area contributed by atoms with Crippen molar-refractivity contribution in [1.29, 1.82) is 0 Å². The van der Waals surface area contributed by atoms with E-state index in [1.165, 1.54) is 12.1 Å². The molecule has 3 nitrogen and oxygen atoms in total. The number of para-hydroxylation sites is 1. The summed E-state index contributed by atoms with van der Waals surface area (Å²) in [4.78, 5) is 11.8. The molecule has 0 atom stereocenters. The Balaban J connectivity index is 1.92. The van der Waals surface area contributed by atoms with Crippen molar-refractivity contribution in [1.82, 2.24) is 0 Å². The fraction of sp³-hybridized carbons (Fsp3) is 0.188. The van der Waals surface area contributed by atoms with Crippen LogP contribution in [-0.2, 0) is 11.2 Å². The molecule has 0 saturated carbocycles. The smallest absolute Gasteiger partial charge is 0.224 e. The molecule has 104 valence electrons. The molecule has 0 bridgehead atoms. The molecular formula is C16H16FNO2. The predicted molar refractivity (Wildman–Crippen MR) is 76.3 cm³/mol. The Morgan fingerprint density at radius 3 is 2.75 bits per heavy atom. The number of anilines is 1. The highest BCUT2D eigenvalue weighted by atomic mass is 19.1. The van der Waals surface area contributed by atoms with Gasteiger partial charge in [0.15, 0.2) is 0 Å². The van der Waals surface area contributed by atoms with Gasteiger partial charge in [0.2, 0.25) is 5.91 Å². The molecular weight excluding hydrogens is 257 g/mol. The van der Waals surface area contributed by atoms with Gasteiger partial charge in [-0.15, -0.1) is 0 Å². The highest BCUT2D eigenvalue weighted by Crippen LogP contribution is 2.19. The lowest BCUT2D eigenvalue weighted by molar-refractivity contribution is -0.116. The van der Waals surface area contributed by atoms with Gasteiger partial charge in [0.25, 0.3) is 0 Å². The molecule has 0 fully saturated rings. The number of methoxy groups -OCH3 is 1. The van der Waals surface area contributed by atoms with Crippen molar-refractivity contribution in [3.8, 4) is 5.75 Å². The average molecular weight is 273 g/mol. The minimum Gasteiger partial charge on any atom is -0.496 e. The maximum absolute atomic E-state index is 13.0. The molecule has 20 heavy (non-hydrogen) atoms. The number of carbonyl (C=O) groups is 1. The van der Waals surface area contributed by atoms with Gasteiger partial charge in [-0.05, 0) is 36.2 Å². The van der Waals surface area contributed by atoms with Crippen LogP contribution >= 0.6 is 0 Å². The zero-order valence-electron chi connectivity index (χ0n) is 11.2. The number of nitrogens with one attached hydrogen (secondary N) is 1. The fourth-order valence-corrected chi connectivity index (χ4v) is 1.95. The molecule has 0 spiro atoms. The van der Waals surface area contributed by atoms with Crippen LogP contribution < -0.4 is 10.1 Å². The maximum atomic E-state index is 13.0. The van der Waals surface area contributed by atoms with Crippen molar-refractivity contribution in [2.75, 3.05) is 12.4 Å². The second kappa shape index (κ2) is 6.70. The molecule has 1 amide bonds. The topological polar surface area (TPSA) is 38.3 Å². The quantitative estimate of drug-likeness (QED) is 0.906. The van der Waals surface area contributed by atoms with Gasteiger partial charge in [-0.1, -0.05) is 24.3 Å². The number of rotatable bonds is 5. The number of aryl methyl sites for hydroxylation is 1. The highest BCUT2D eigenvalue weighted by Gasteiger charge is 2.07. The van der Waals surface area contributed by atoms with Gasteiger partial charge in [0, 0.05) is 12.1 Å². The summed E-state index contributed by atoms with van der Waals surface area (Å²) in [5.41, 5.74) is 1.44. The number of hydrogen-bond donors (Lipinski definition) is 1. The first-order chi connectivity index (χ1) is 9.69. The summed E-state index contributed by atoms with van der Waals surface area (Å²) in [6.45, 7) is 0. The first-order valence-corrected chi connectivity index (χ1v) is 6.36. The standard InChI is InChI=1S/C16H16FNO2/c1-20-15-8-3-2-5-12(15)9-10-16(19)18-14-7-4-6-13(17)11-14/h2-8,11H,9-10H2,1H3,(H,18,19). The van der Waals surface area contributed by atoms with Gasteiger partial charge in [0.05, 0.1) is 7.11 Å². The lowest BCUT2D eigenvalue weighted by atomic mass is 10.1. The van der Waals surface area contributed by atoms with E-state index in [0.717, 1.165) is 11.3 Å². The van der Waals surface area contributed by atoms with E-state index in [9.17, 15) is 9.18 Å². The van der Waals surface area contributed by atoms with Crippen LogP contribution in [-0.4, -0.2) is 13.0 Å². The Morgan fingerprint density at radius 2 is 2.00 bits per heavy atom. The molecule has 0 aromatic heterocycles. The van der Waals surface area contributed by atoms with Crippen LogP contribution in [0.2, 0.25) is 0 Å². The van der Waals surface area contributed by atoms with Gasteiger partial charge in [-0.3, -0.25) is 4.79 Å². The van der Waals surface area contributed by atoms with Crippen LogP contribution in [0.25, 0.3) is 0 Å². The van der Waals surface area contributed by atoms with Crippen LogP contribution in [0.4, 0.5) is 10.1 Å². The molecule has 0 radical (unpaired) electrons. The van der Waals surface area contributed by atoms with Crippen molar-refractivity contribution in [2.45, 2.75) is 12.8 Å². The number of benzene rings is 2. The number of carbonyl (C=O) groups excluding carboxylic acids is 1. The molecule has 0 aliphatic carbocycles. The average Bonchev–Trinajstić information content (AvgIpc) is 2.45. The van der Waals surface area contributed by atoms with Crippen molar-refractivity contribution >= 4 is 11.6 Å². The normalized spacial score (nSPS) is 10.1. The Kier molecular flexibility index (Phi) is 4.71. The number of halogens is 1. The van der Waals surface area contributed by atoms with E-state index in [2.05, 4.69) is 5.32 Å². The Labute approximate surface area is 117 Å². The van der Waals surface area contributed by atoms with E-state index in [1.54, 1.807) is 19.2 Å². The summed E-state index contributed by atoms with van der Waals surface area (Å²) in [6, 6.07) is 13.4. The monoisotopic (exact) mass is 273 g/mol. The summed E-state index contributed by atoms with van der Waals surface area (Å²) in [6.07, 6.45) is 0.891. The van der Waals surface area contributed by atoms with Gasteiger partial charge < -0.3 is 10.1 Å². The zero-order valence-corrected chi connectivity index (χ0v) is 11.2. The largest absolute Gasteiger partial charge is 0.496 e. The maximum Gasteiger partial charge on any atom is 0.224 e. The third-order valence-electron chi connectivity index (χ3n) is 2.92. The van der Waals surface area contributed by atoms with Crippen molar-refractivity contribution in [2.24, 2.45) is 0 Å². The first kappa shape index (κ1) is 14.1. The van der Waals surface area contributed by atoms with Crippen molar-refractivity contribution in [3.63, 3.8) is 0 Å². The summed E-state index contributed by atoms with van der Waals surface area (Å²) in [5, 5.41) is 2.67. The van der Waals surface area contributed by atoms with E-state index in [4.69, 9.17) is 4.74 Å². The van der Waals surface area contributed by atoms with E-state index < -0.39 is 0 Å². The highest BCUT2D eigenvalue weighted by molar-refractivity contribution is 5.90. The number of ether oxygens (including phenoxy) is 1. The van der Waals surface area contributed by atoms with Crippen LogP contribution in [0, 0.1) is 5.82 Å². The molecule has 2 aromatic rings. The Hall–Kier alpha value is -2.36. The third kappa shape index (κ3) is 3.82. The van der Waals surface area contributed by atoms with Gasteiger partial charge in [-0.2, -0.15) is 0 Å². The van der Waals surface area contributed by atoms with Gasteiger partial charge in [-0.25, -0.2) is 4.39 Å². The zero-order chi connectivity index (χ0) is 14.4. The predicted octanol–water partition coefficient (Wildman–Crippen LogP) is 3.41. The second-order valence-corrected chi connectivity index (χ2v) is 4.37. The molecule has 0 aliphatic heterocycles. The van der Waals surface area contributed by atoms with Gasteiger partial charge >= 0.3 is 0 Å².